The standard InChI is InChI=1S/C20H18ClN3O3/c1-13-3-8-18(17(11-13)19-9-10-22-27-19)26-12-20(25)24-23-14(2)15-4-6-16(21)7-5-15/h3-11H,12H2,1-2H3,(H,24,25)/b23-14+. The molecule has 0 radical (unpaired) electrons. The highest BCUT2D eigenvalue weighted by Gasteiger charge is 2.12. The predicted molar refractivity (Wildman–Crippen MR) is 104 cm³/mol. The van der Waals surface area contributed by atoms with Gasteiger partial charge in [0.25, 0.3) is 5.91 Å². The number of aromatic nitrogens is 1. The van der Waals surface area contributed by atoms with E-state index in [9.17, 15) is 4.79 Å². The highest BCUT2D eigenvalue weighted by molar-refractivity contribution is 6.30. The molecule has 1 aromatic heterocycles. The predicted octanol–water partition coefficient (Wildman–Crippen LogP) is 4.22. The smallest absolute Gasteiger partial charge is 0.277 e. The van der Waals surface area contributed by atoms with Crippen LogP contribution in [0.15, 0.2) is 64.4 Å². The molecule has 0 atom stereocenters. The number of benzene rings is 2. The molecule has 0 aliphatic heterocycles. The van der Waals surface area contributed by atoms with E-state index in [1.807, 2.05) is 31.2 Å². The van der Waals surface area contributed by atoms with Gasteiger partial charge in [-0.15, -0.1) is 0 Å². The molecule has 0 saturated heterocycles. The van der Waals surface area contributed by atoms with Crippen molar-refractivity contribution in [3.8, 4) is 17.1 Å². The maximum atomic E-state index is 12.1. The summed E-state index contributed by atoms with van der Waals surface area (Å²) in [6.07, 6.45) is 1.56. The number of hydrogen-bond acceptors (Lipinski definition) is 5. The first kappa shape index (κ1) is 18.7. The minimum absolute atomic E-state index is 0.179. The number of aryl methyl sites for hydroxylation is 1. The van der Waals surface area contributed by atoms with Gasteiger partial charge >= 0.3 is 0 Å². The molecule has 3 rings (SSSR count). The van der Waals surface area contributed by atoms with Crippen LogP contribution in [0.25, 0.3) is 11.3 Å². The topological polar surface area (TPSA) is 76.7 Å². The number of rotatable bonds is 6. The summed E-state index contributed by atoms with van der Waals surface area (Å²) >= 11 is 5.87. The number of hydrazone groups is 1. The molecule has 0 aliphatic rings. The van der Waals surface area contributed by atoms with E-state index < -0.39 is 0 Å². The van der Waals surface area contributed by atoms with E-state index in [4.69, 9.17) is 20.9 Å². The third-order valence-electron chi connectivity index (χ3n) is 3.81. The van der Waals surface area contributed by atoms with E-state index in [0.29, 0.717) is 22.2 Å². The number of halogens is 1. The summed E-state index contributed by atoms with van der Waals surface area (Å²) in [6.45, 7) is 3.58. The summed E-state index contributed by atoms with van der Waals surface area (Å²) in [7, 11) is 0. The Morgan fingerprint density at radius 2 is 2.00 bits per heavy atom. The van der Waals surface area contributed by atoms with E-state index in [0.717, 1.165) is 16.7 Å². The van der Waals surface area contributed by atoms with Crippen LogP contribution in [0.4, 0.5) is 0 Å². The monoisotopic (exact) mass is 383 g/mol. The number of hydrogen-bond donors (Lipinski definition) is 1. The second kappa shape index (κ2) is 8.51. The van der Waals surface area contributed by atoms with Crippen LogP contribution in [0, 0.1) is 6.92 Å². The minimum Gasteiger partial charge on any atom is -0.483 e. The molecular weight excluding hydrogens is 366 g/mol. The second-order valence-electron chi connectivity index (χ2n) is 5.90. The van der Waals surface area contributed by atoms with Gasteiger partial charge in [0.2, 0.25) is 0 Å². The van der Waals surface area contributed by atoms with Crippen LogP contribution < -0.4 is 10.2 Å². The Morgan fingerprint density at radius 3 is 2.70 bits per heavy atom. The Morgan fingerprint density at radius 1 is 1.22 bits per heavy atom. The molecule has 0 unspecified atom stereocenters. The van der Waals surface area contributed by atoms with Gasteiger partial charge in [-0.3, -0.25) is 4.79 Å². The van der Waals surface area contributed by atoms with Gasteiger partial charge in [0.15, 0.2) is 12.4 Å². The largest absolute Gasteiger partial charge is 0.483 e. The van der Waals surface area contributed by atoms with E-state index in [1.54, 1.807) is 37.4 Å². The molecular formula is C20H18ClN3O3. The van der Waals surface area contributed by atoms with Crippen molar-refractivity contribution in [1.29, 1.82) is 0 Å². The maximum absolute atomic E-state index is 12.1. The van der Waals surface area contributed by atoms with Crippen LogP contribution in [0.1, 0.15) is 18.1 Å². The van der Waals surface area contributed by atoms with Crippen molar-refractivity contribution >= 4 is 23.2 Å². The Balaban J connectivity index is 1.63. The van der Waals surface area contributed by atoms with E-state index in [2.05, 4.69) is 15.7 Å². The normalized spacial score (nSPS) is 11.3. The Bertz CT molecular complexity index is 951. The van der Waals surface area contributed by atoms with Crippen molar-refractivity contribution < 1.29 is 14.1 Å². The SMILES string of the molecule is C/C(=N\NC(=O)COc1ccc(C)cc1-c1ccno1)c1ccc(Cl)cc1. The lowest BCUT2D eigenvalue weighted by molar-refractivity contribution is -0.123. The van der Waals surface area contributed by atoms with Gasteiger partial charge in [0, 0.05) is 11.1 Å². The third-order valence-corrected chi connectivity index (χ3v) is 4.06. The number of carbonyl (C=O) groups is 1. The molecule has 1 heterocycles. The number of ether oxygens (including phenoxy) is 1. The summed E-state index contributed by atoms with van der Waals surface area (Å²) in [5, 5.41) is 8.44. The highest BCUT2D eigenvalue weighted by atomic mass is 35.5. The average molecular weight is 384 g/mol. The van der Waals surface area contributed by atoms with Gasteiger partial charge in [-0.2, -0.15) is 5.10 Å². The molecule has 3 aromatic rings. The fourth-order valence-electron chi connectivity index (χ4n) is 2.39. The lowest BCUT2D eigenvalue weighted by atomic mass is 10.1. The number of nitrogens with one attached hydrogen (secondary N) is 1. The quantitative estimate of drug-likeness (QED) is 0.510. The lowest BCUT2D eigenvalue weighted by Gasteiger charge is -2.10. The van der Waals surface area contributed by atoms with Gasteiger partial charge in [-0.1, -0.05) is 40.5 Å². The molecule has 0 bridgehead atoms. The van der Waals surface area contributed by atoms with Crippen molar-refractivity contribution in [2.45, 2.75) is 13.8 Å². The molecule has 1 N–H and O–H groups in total. The fourth-order valence-corrected chi connectivity index (χ4v) is 2.52. The maximum Gasteiger partial charge on any atom is 0.277 e. The molecule has 138 valence electrons. The Kier molecular flexibility index (Phi) is 5.88. The van der Waals surface area contributed by atoms with Crippen molar-refractivity contribution in [3.63, 3.8) is 0 Å². The highest BCUT2D eigenvalue weighted by Crippen LogP contribution is 2.30. The van der Waals surface area contributed by atoms with E-state index >= 15 is 0 Å². The lowest BCUT2D eigenvalue weighted by Crippen LogP contribution is -2.25. The summed E-state index contributed by atoms with van der Waals surface area (Å²) in [4.78, 5) is 12.1. The molecule has 0 aliphatic carbocycles. The Hall–Kier alpha value is -3.12. The first-order valence-corrected chi connectivity index (χ1v) is 8.64. The van der Waals surface area contributed by atoms with Crippen LogP contribution in [-0.4, -0.2) is 23.4 Å². The zero-order chi connectivity index (χ0) is 19.2. The summed E-state index contributed by atoms with van der Waals surface area (Å²) in [5.74, 6) is 0.740. The van der Waals surface area contributed by atoms with Crippen LogP contribution in [0.3, 0.4) is 0 Å². The molecule has 7 heteroatoms. The zero-order valence-electron chi connectivity index (χ0n) is 14.9. The number of nitrogens with zero attached hydrogens (tertiary/aromatic N) is 2. The van der Waals surface area contributed by atoms with Crippen molar-refractivity contribution in [1.82, 2.24) is 10.6 Å². The molecule has 27 heavy (non-hydrogen) atoms. The zero-order valence-corrected chi connectivity index (χ0v) is 15.7. The van der Waals surface area contributed by atoms with Crippen molar-refractivity contribution in [3.05, 3.63) is 70.9 Å². The third kappa shape index (κ3) is 4.95. The minimum atomic E-state index is -0.368. The second-order valence-corrected chi connectivity index (χ2v) is 6.34. The first-order valence-electron chi connectivity index (χ1n) is 8.26. The molecule has 0 spiro atoms. The first-order chi connectivity index (χ1) is 13.0. The molecule has 1 amide bonds. The van der Waals surface area contributed by atoms with Gasteiger partial charge in [-0.05, 0) is 43.7 Å². The Labute approximate surface area is 161 Å². The van der Waals surface area contributed by atoms with E-state index in [1.165, 1.54) is 0 Å². The number of carbonyl (C=O) groups excluding carboxylic acids is 1. The molecule has 6 nitrogen and oxygen atoms in total. The van der Waals surface area contributed by atoms with Crippen LogP contribution in [0.5, 0.6) is 5.75 Å². The van der Waals surface area contributed by atoms with Gasteiger partial charge in [0.05, 0.1) is 17.5 Å². The van der Waals surface area contributed by atoms with Gasteiger partial charge in [0.1, 0.15) is 5.75 Å². The van der Waals surface area contributed by atoms with E-state index in [-0.39, 0.29) is 12.5 Å². The average Bonchev–Trinajstić information content (AvgIpc) is 3.20. The van der Waals surface area contributed by atoms with Gasteiger partial charge < -0.3 is 9.26 Å². The summed E-state index contributed by atoms with van der Waals surface area (Å²) < 4.78 is 10.8. The number of amides is 1. The molecule has 0 saturated carbocycles. The summed E-state index contributed by atoms with van der Waals surface area (Å²) in [6, 6.07) is 14.5. The van der Waals surface area contributed by atoms with Crippen molar-refractivity contribution in [2.75, 3.05) is 6.61 Å². The summed E-state index contributed by atoms with van der Waals surface area (Å²) in [5.41, 5.74) is 5.80. The molecule has 2 aromatic carbocycles. The van der Waals surface area contributed by atoms with Crippen LogP contribution in [0.2, 0.25) is 5.02 Å². The molecule has 0 fully saturated rings. The van der Waals surface area contributed by atoms with Gasteiger partial charge in [-0.25, -0.2) is 5.43 Å². The van der Waals surface area contributed by atoms with Crippen LogP contribution >= 0.6 is 11.6 Å². The fraction of sp³-hybridized carbons (Fsp3) is 0.150. The van der Waals surface area contributed by atoms with Crippen molar-refractivity contribution in [2.24, 2.45) is 5.10 Å². The van der Waals surface area contributed by atoms with Crippen LogP contribution in [-0.2, 0) is 4.79 Å².